The number of ether oxygens (including phenoxy) is 1. The molecule has 2 saturated heterocycles. The lowest BCUT2D eigenvalue weighted by atomic mass is 9.98. The molecule has 0 aromatic carbocycles. The highest BCUT2D eigenvalue weighted by Gasteiger charge is 2.24. The largest absolute Gasteiger partial charge is 0.381 e. The van der Waals surface area contributed by atoms with Crippen molar-refractivity contribution in [1.29, 1.82) is 0 Å². The Labute approximate surface area is 99.5 Å². The second-order valence-corrected chi connectivity index (χ2v) is 5.65. The Bertz CT molecular complexity index is 202. The second kappa shape index (κ2) is 5.99. The molecule has 2 aliphatic rings. The third-order valence-corrected chi connectivity index (χ3v) is 3.87. The normalized spacial score (nSPS) is 33.2. The first-order chi connectivity index (χ1) is 7.75. The highest BCUT2D eigenvalue weighted by Crippen LogP contribution is 2.17. The van der Waals surface area contributed by atoms with E-state index in [1.165, 1.54) is 32.5 Å². The summed E-state index contributed by atoms with van der Waals surface area (Å²) in [6, 6.07) is 0.679. The van der Waals surface area contributed by atoms with Crippen molar-refractivity contribution in [3.63, 3.8) is 0 Å². The maximum absolute atomic E-state index is 5.56. The van der Waals surface area contributed by atoms with E-state index in [0.717, 1.165) is 31.6 Å². The van der Waals surface area contributed by atoms with Gasteiger partial charge < -0.3 is 15.0 Å². The van der Waals surface area contributed by atoms with Crippen LogP contribution in [0.5, 0.6) is 0 Å². The Balaban J connectivity index is 1.75. The van der Waals surface area contributed by atoms with Crippen LogP contribution in [0.1, 0.15) is 26.7 Å². The molecular formula is C13H26N2O. The number of piperazine rings is 1. The molecule has 2 rings (SSSR count). The fourth-order valence-corrected chi connectivity index (χ4v) is 2.77. The van der Waals surface area contributed by atoms with E-state index in [1.807, 2.05) is 0 Å². The fourth-order valence-electron chi connectivity index (χ4n) is 2.77. The van der Waals surface area contributed by atoms with Crippen molar-refractivity contribution in [2.45, 2.75) is 32.7 Å². The quantitative estimate of drug-likeness (QED) is 0.786. The van der Waals surface area contributed by atoms with E-state index in [9.17, 15) is 0 Å². The van der Waals surface area contributed by atoms with Crippen LogP contribution in [0.2, 0.25) is 0 Å². The average Bonchev–Trinajstić information content (AvgIpc) is 2.30. The maximum atomic E-state index is 5.56. The smallest absolute Gasteiger partial charge is 0.0506 e. The van der Waals surface area contributed by atoms with Crippen LogP contribution in [0, 0.1) is 11.8 Å². The first-order valence-electron chi connectivity index (χ1n) is 6.79. The van der Waals surface area contributed by atoms with Crippen LogP contribution in [0.4, 0.5) is 0 Å². The summed E-state index contributed by atoms with van der Waals surface area (Å²) >= 11 is 0. The summed E-state index contributed by atoms with van der Waals surface area (Å²) in [5.74, 6) is 1.52. The summed E-state index contributed by atoms with van der Waals surface area (Å²) in [5, 5.41) is 3.61. The molecule has 0 aromatic heterocycles. The van der Waals surface area contributed by atoms with E-state index in [0.29, 0.717) is 6.04 Å². The molecule has 3 nitrogen and oxygen atoms in total. The monoisotopic (exact) mass is 226 g/mol. The molecular weight excluding hydrogens is 200 g/mol. The third-order valence-electron chi connectivity index (χ3n) is 3.87. The van der Waals surface area contributed by atoms with Gasteiger partial charge in [0.2, 0.25) is 0 Å². The zero-order chi connectivity index (χ0) is 11.4. The minimum Gasteiger partial charge on any atom is -0.381 e. The Kier molecular flexibility index (Phi) is 4.62. The molecule has 0 spiro atoms. The van der Waals surface area contributed by atoms with Crippen molar-refractivity contribution in [1.82, 2.24) is 10.2 Å². The van der Waals surface area contributed by atoms with Gasteiger partial charge in [-0.15, -0.1) is 0 Å². The standard InChI is InChI=1S/C13H26N2O/c1-11(2)13-9-15(6-5-14-13)8-12-4-3-7-16-10-12/h11-14H,3-10H2,1-2H3. The van der Waals surface area contributed by atoms with Crippen LogP contribution in [0.3, 0.4) is 0 Å². The van der Waals surface area contributed by atoms with Gasteiger partial charge in [-0.1, -0.05) is 13.8 Å². The average molecular weight is 226 g/mol. The lowest BCUT2D eigenvalue weighted by molar-refractivity contribution is 0.0322. The van der Waals surface area contributed by atoms with E-state index in [2.05, 4.69) is 24.1 Å². The van der Waals surface area contributed by atoms with E-state index in [-0.39, 0.29) is 0 Å². The van der Waals surface area contributed by atoms with Gasteiger partial charge in [0.15, 0.2) is 0 Å². The maximum Gasteiger partial charge on any atom is 0.0506 e. The molecule has 0 amide bonds. The Morgan fingerprint density at radius 2 is 2.31 bits per heavy atom. The van der Waals surface area contributed by atoms with Gasteiger partial charge in [-0.05, 0) is 24.7 Å². The third kappa shape index (κ3) is 3.44. The molecule has 2 atom stereocenters. The molecule has 0 aromatic rings. The van der Waals surface area contributed by atoms with Crippen molar-refractivity contribution in [3.05, 3.63) is 0 Å². The predicted molar refractivity (Wildman–Crippen MR) is 66.6 cm³/mol. The van der Waals surface area contributed by atoms with E-state index in [1.54, 1.807) is 0 Å². The molecule has 0 aliphatic carbocycles. The molecule has 0 radical (unpaired) electrons. The lowest BCUT2D eigenvalue weighted by Crippen LogP contribution is -2.54. The van der Waals surface area contributed by atoms with Crippen molar-refractivity contribution in [3.8, 4) is 0 Å². The van der Waals surface area contributed by atoms with Crippen molar-refractivity contribution in [2.24, 2.45) is 11.8 Å². The first-order valence-corrected chi connectivity index (χ1v) is 6.79. The van der Waals surface area contributed by atoms with Crippen LogP contribution in [0.25, 0.3) is 0 Å². The predicted octanol–water partition coefficient (Wildman–Crippen LogP) is 1.34. The second-order valence-electron chi connectivity index (χ2n) is 5.65. The number of nitrogens with one attached hydrogen (secondary N) is 1. The first kappa shape index (κ1) is 12.3. The topological polar surface area (TPSA) is 24.5 Å². The molecule has 0 saturated carbocycles. The van der Waals surface area contributed by atoms with Gasteiger partial charge in [0, 0.05) is 38.8 Å². The SMILES string of the molecule is CC(C)C1CN(CC2CCCOC2)CCN1. The van der Waals surface area contributed by atoms with Crippen molar-refractivity contribution >= 4 is 0 Å². The Hall–Kier alpha value is -0.120. The molecule has 2 aliphatic heterocycles. The molecule has 2 heterocycles. The summed E-state index contributed by atoms with van der Waals surface area (Å²) < 4.78 is 5.56. The van der Waals surface area contributed by atoms with Gasteiger partial charge in [0.1, 0.15) is 0 Å². The highest BCUT2D eigenvalue weighted by molar-refractivity contribution is 4.82. The Morgan fingerprint density at radius 3 is 3.00 bits per heavy atom. The molecule has 94 valence electrons. The summed E-state index contributed by atoms with van der Waals surface area (Å²) in [4.78, 5) is 2.63. The van der Waals surface area contributed by atoms with Crippen LogP contribution < -0.4 is 5.32 Å². The van der Waals surface area contributed by atoms with E-state index < -0.39 is 0 Å². The molecule has 2 unspecified atom stereocenters. The zero-order valence-electron chi connectivity index (χ0n) is 10.7. The van der Waals surface area contributed by atoms with Gasteiger partial charge in [-0.3, -0.25) is 0 Å². The highest BCUT2D eigenvalue weighted by atomic mass is 16.5. The molecule has 2 fully saturated rings. The Morgan fingerprint density at radius 1 is 1.44 bits per heavy atom. The van der Waals surface area contributed by atoms with Gasteiger partial charge >= 0.3 is 0 Å². The minimum atomic E-state index is 0.679. The molecule has 16 heavy (non-hydrogen) atoms. The summed E-state index contributed by atoms with van der Waals surface area (Å²) in [6.07, 6.45) is 2.61. The van der Waals surface area contributed by atoms with Gasteiger partial charge in [-0.2, -0.15) is 0 Å². The van der Waals surface area contributed by atoms with Gasteiger partial charge in [0.25, 0.3) is 0 Å². The van der Waals surface area contributed by atoms with Crippen LogP contribution in [0.15, 0.2) is 0 Å². The summed E-state index contributed by atoms with van der Waals surface area (Å²) in [5.41, 5.74) is 0. The molecule has 1 N–H and O–H groups in total. The number of nitrogens with zero attached hydrogens (tertiary/aromatic N) is 1. The van der Waals surface area contributed by atoms with E-state index in [4.69, 9.17) is 4.74 Å². The van der Waals surface area contributed by atoms with Crippen molar-refractivity contribution < 1.29 is 4.74 Å². The van der Waals surface area contributed by atoms with Crippen LogP contribution in [-0.4, -0.2) is 50.3 Å². The van der Waals surface area contributed by atoms with E-state index >= 15 is 0 Å². The number of rotatable bonds is 3. The minimum absolute atomic E-state index is 0.679. The van der Waals surface area contributed by atoms with Crippen LogP contribution in [-0.2, 0) is 4.74 Å². The number of hydrogen-bond acceptors (Lipinski definition) is 3. The van der Waals surface area contributed by atoms with Crippen LogP contribution >= 0.6 is 0 Å². The lowest BCUT2D eigenvalue weighted by Gasteiger charge is -2.38. The van der Waals surface area contributed by atoms with Gasteiger partial charge in [-0.25, -0.2) is 0 Å². The fraction of sp³-hybridized carbons (Fsp3) is 1.00. The zero-order valence-corrected chi connectivity index (χ0v) is 10.7. The number of hydrogen-bond donors (Lipinski definition) is 1. The molecule has 3 heteroatoms. The van der Waals surface area contributed by atoms with Gasteiger partial charge in [0.05, 0.1) is 6.61 Å². The summed E-state index contributed by atoms with van der Waals surface area (Å²) in [6.45, 7) is 11.4. The van der Waals surface area contributed by atoms with Crippen molar-refractivity contribution in [2.75, 3.05) is 39.4 Å². The molecule has 0 bridgehead atoms. The summed E-state index contributed by atoms with van der Waals surface area (Å²) in [7, 11) is 0.